The molecule has 2 heterocycles. The number of para-hydroxylation sites is 4. The summed E-state index contributed by atoms with van der Waals surface area (Å²) >= 11 is 3.71. The Hall–Kier alpha value is -3.48. The van der Waals surface area contributed by atoms with Crippen LogP contribution in [0.4, 0.5) is 0 Å². The first-order valence-corrected chi connectivity index (χ1v) is 14.4. The van der Waals surface area contributed by atoms with E-state index in [9.17, 15) is 10.2 Å². The zero-order chi connectivity index (χ0) is 25.2. The number of pyridine rings is 2. The van der Waals surface area contributed by atoms with Gasteiger partial charge in [0.25, 0.3) is 0 Å². The Bertz CT molecular complexity index is 1620. The number of phenols is 2. The summed E-state index contributed by atoms with van der Waals surface area (Å²) in [5.74, 6) is 2.48. The van der Waals surface area contributed by atoms with E-state index in [2.05, 4.69) is 24.3 Å². The third-order valence-electron chi connectivity index (χ3n) is 6.56. The number of hydrogen-bond donors (Lipinski definition) is 2. The molecule has 0 aliphatic rings. The molecule has 0 aliphatic heterocycles. The van der Waals surface area contributed by atoms with Gasteiger partial charge >= 0.3 is 0 Å². The van der Waals surface area contributed by atoms with E-state index in [0.717, 1.165) is 63.3 Å². The summed E-state index contributed by atoms with van der Waals surface area (Å²) in [4.78, 5) is 11.8. The van der Waals surface area contributed by atoms with Crippen molar-refractivity contribution in [3.05, 3.63) is 84.9 Å². The monoisotopic (exact) mass is 522 g/mol. The van der Waals surface area contributed by atoms with E-state index in [0.29, 0.717) is 11.0 Å². The molecule has 6 rings (SSSR count). The molecule has 0 saturated heterocycles. The molecule has 0 saturated carbocycles. The minimum atomic E-state index is 0.228. The minimum absolute atomic E-state index is 0.228. The molecule has 0 unspecified atom stereocenters. The number of fused-ring (bicyclic) bond motifs is 4. The van der Waals surface area contributed by atoms with Crippen molar-refractivity contribution in [1.82, 2.24) is 9.97 Å². The van der Waals surface area contributed by atoms with Crippen LogP contribution in [0, 0.1) is 0 Å². The Morgan fingerprint density at radius 1 is 0.486 bits per heavy atom. The molecule has 0 bridgehead atoms. The fraction of sp³-hybridized carbons (Fsp3) is 0.161. The topological polar surface area (TPSA) is 66.2 Å². The molecule has 4 aromatic carbocycles. The summed E-state index contributed by atoms with van der Waals surface area (Å²) in [6.45, 7) is 0. The molecule has 0 atom stereocenters. The summed E-state index contributed by atoms with van der Waals surface area (Å²) in [6, 6.07) is 27.6. The van der Waals surface area contributed by atoms with E-state index in [-0.39, 0.29) is 11.5 Å². The summed E-state index contributed by atoms with van der Waals surface area (Å²) in [6.07, 6.45) is 3.36. The van der Waals surface area contributed by atoms with E-state index in [1.54, 1.807) is 12.1 Å². The van der Waals surface area contributed by atoms with E-state index in [1.807, 2.05) is 72.1 Å². The predicted octanol–water partition coefficient (Wildman–Crippen LogP) is 8.56. The average molecular weight is 523 g/mol. The molecule has 6 heteroatoms. The van der Waals surface area contributed by atoms with Crippen LogP contribution in [-0.2, 0) is 0 Å². The highest BCUT2D eigenvalue weighted by Gasteiger charge is 2.13. The van der Waals surface area contributed by atoms with E-state index >= 15 is 0 Å². The van der Waals surface area contributed by atoms with Crippen molar-refractivity contribution in [2.24, 2.45) is 0 Å². The normalized spacial score (nSPS) is 11.7. The first-order valence-electron chi connectivity index (χ1n) is 12.5. The molecule has 2 N–H and O–H groups in total. The van der Waals surface area contributed by atoms with Gasteiger partial charge in [-0.25, -0.2) is 9.97 Å². The summed E-state index contributed by atoms with van der Waals surface area (Å²) < 4.78 is 0. The maximum absolute atomic E-state index is 10.4. The molecule has 0 aliphatic carbocycles. The zero-order valence-corrected chi connectivity index (χ0v) is 21.9. The molecule has 6 aromatic rings. The lowest BCUT2D eigenvalue weighted by Gasteiger charge is -2.12. The van der Waals surface area contributed by atoms with E-state index < -0.39 is 0 Å². The van der Waals surface area contributed by atoms with E-state index in [1.165, 1.54) is 9.79 Å². The number of benzene rings is 4. The van der Waals surface area contributed by atoms with Crippen molar-refractivity contribution in [2.75, 3.05) is 11.5 Å². The van der Waals surface area contributed by atoms with Crippen molar-refractivity contribution < 1.29 is 10.2 Å². The van der Waals surface area contributed by atoms with Gasteiger partial charge in [0.1, 0.15) is 22.5 Å². The number of hydrogen-bond acceptors (Lipinski definition) is 6. The van der Waals surface area contributed by atoms with Crippen LogP contribution in [0.2, 0.25) is 0 Å². The first kappa shape index (κ1) is 23.9. The zero-order valence-electron chi connectivity index (χ0n) is 20.2. The highest BCUT2D eigenvalue weighted by atomic mass is 32.2. The van der Waals surface area contributed by atoms with Gasteiger partial charge in [-0.15, -0.1) is 23.5 Å². The Kier molecular flexibility index (Phi) is 6.77. The van der Waals surface area contributed by atoms with Crippen LogP contribution < -0.4 is 0 Å². The lowest BCUT2D eigenvalue weighted by atomic mass is 10.1. The third kappa shape index (κ3) is 4.67. The molecule has 184 valence electrons. The van der Waals surface area contributed by atoms with Crippen LogP contribution >= 0.6 is 23.5 Å². The molecular formula is C31H26N2O2S2. The second kappa shape index (κ2) is 10.5. The minimum Gasteiger partial charge on any atom is -0.506 e. The van der Waals surface area contributed by atoms with Gasteiger partial charge in [-0.05, 0) is 48.6 Å². The molecule has 0 amide bonds. The van der Waals surface area contributed by atoms with Gasteiger partial charge < -0.3 is 10.2 Å². The average Bonchev–Trinajstić information content (AvgIpc) is 2.92. The number of aromatic hydroxyl groups is 2. The van der Waals surface area contributed by atoms with Crippen molar-refractivity contribution in [3.63, 3.8) is 0 Å². The Balaban J connectivity index is 1.12. The number of thioether (sulfide) groups is 2. The molecule has 37 heavy (non-hydrogen) atoms. The number of aromatic nitrogens is 2. The highest BCUT2D eigenvalue weighted by Crippen LogP contribution is 2.39. The second-order valence-electron chi connectivity index (χ2n) is 9.02. The van der Waals surface area contributed by atoms with E-state index in [4.69, 9.17) is 9.97 Å². The number of rotatable bonds is 8. The van der Waals surface area contributed by atoms with Gasteiger partial charge in [-0.2, -0.15) is 0 Å². The summed E-state index contributed by atoms with van der Waals surface area (Å²) in [7, 11) is 0. The smallest absolute Gasteiger partial charge is 0.141 e. The molecule has 2 aromatic heterocycles. The largest absolute Gasteiger partial charge is 0.506 e. The number of nitrogens with zero attached hydrogens (tertiary/aromatic N) is 2. The standard InChI is InChI=1S/C31H26N2O2S2/c34-26-16-8-12-22-28(26)32-24-14-4-2-10-20(24)30(22)36-18-6-1-7-19-37-31-21-11-3-5-15-25(21)33-29-23(31)13-9-17-27(29)35/h2-5,8-17,34-35H,1,6-7,18-19H2. The summed E-state index contributed by atoms with van der Waals surface area (Å²) in [5.41, 5.74) is 3.17. The van der Waals surface area contributed by atoms with Crippen molar-refractivity contribution in [1.29, 1.82) is 0 Å². The van der Waals surface area contributed by atoms with Crippen molar-refractivity contribution >= 4 is 67.1 Å². The number of unbranched alkanes of at least 4 members (excludes halogenated alkanes) is 2. The lowest BCUT2D eigenvalue weighted by molar-refractivity contribution is 0.480. The van der Waals surface area contributed by atoms with Crippen LogP contribution in [0.5, 0.6) is 11.5 Å². The fourth-order valence-electron chi connectivity index (χ4n) is 4.76. The first-order chi connectivity index (χ1) is 18.2. The van der Waals surface area contributed by atoms with Gasteiger partial charge in [-0.3, -0.25) is 0 Å². The van der Waals surface area contributed by atoms with Crippen LogP contribution in [-0.4, -0.2) is 31.7 Å². The Labute approximate surface area is 223 Å². The second-order valence-corrected chi connectivity index (χ2v) is 11.2. The van der Waals surface area contributed by atoms with Crippen LogP contribution in [0.1, 0.15) is 19.3 Å². The maximum Gasteiger partial charge on any atom is 0.141 e. The third-order valence-corrected chi connectivity index (χ3v) is 9.00. The van der Waals surface area contributed by atoms with Gasteiger partial charge in [-0.1, -0.05) is 67.1 Å². The molecule has 0 radical (unpaired) electrons. The highest BCUT2D eigenvalue weighted by molar-refractivity contribution is 8.00. The van der Waals surface area contributed by atoms with Crippen LogP contribution in [0.15, 0.2) is 94.7 Å². The summed E-state index contributed by atoms with van der Waals surface area (Å²) in [5, 5.41) is 25.1. The molecule has 0 fully saturated rings. The maximum atomic E-state index is 10.4. The van der Waals surface area contributed by atoms with Gasteiger partial charge in [0, 0.05) is 31.3 Å². The van der Waals surface area contributed by atoms with Gasteiger partial charge in [0.05, 0.1) is 11.0 Å². The lowest BCUT2D eigenvalue weighted by Crippen LogP contribution is -1.91. The van der Waals surface area contributed by atoms with Gasteiger partial charge in [0.2, 0.25) is 0 Å². The van der Waals surface area contributed by atoms with Crippen LogP contribution in [0.3, 0.4) is 0 Å². The van der Waals surface area contributed by atoms with Gasteiger partial charge in [0.15, 0.2) is 0 Å². The van der Waals surface area contributed by atoms with Crippen LogP contribution in [0.25, 0.3) is 43.6 Å². The SMILES string of the molecule is Oc1cccc2c(SCCCCCSc3c4ccccc4nc4c(O)cccc34)c3ccccc3nc12. The number of phenolic OH excluding ortho intramolecular Hbond substituents is 2. The predicted molar refractivity (Wildman–Crippen MR) is 157 cm³/mol. The molecule has 0 spiro atoms. The van der Waals surface area contributed by atoms with Crippen molar-refractivity contribution in [2.45, 2.75) is 29.1 Å². The Morgan fingerprint density at radius 2 is 0.919 bits per heavy atom. The molecular weight excluding hydrogens is 496 g/mol. The Morgan fingerprint density at radius 3 is 1.41 bits per heavy atom. The fourth-order valence-corrected chi connectivity index (χ4v) is 7.16. The molecule has 4 nitrogen and oxygen atoms in total. The van der Waals surface area contributed by atoms with Crippen molar-refractivity contribution in [3.8, 4) is 11.5 Å². The quantitative estimate of drug-likeness (QED) is 0.119.